The Balaban J connectivity index is 2.07. The van der Waals surface area contributed by atoms with E-state index in [1.54, 1.807) is 6.92 Å². The third-order valence-corrected chi connectivity index (χ3v) is 2.37. The maximum atomic E-state index is 9.02. The van der Waals surface area contributed by atoms with Gasteiger partial charge in [0.15, 0.2) is 0 Å². The van der Waals surface area contributed by atoms with Gasteiger partial charge in [0, 0.05) is 31.2 Å². The Hall–Kier alpha value is -0.610. The molecule has 0 fully saturated rings. The number of benzene rings is 1. The monoisotopic (exact) mass is 242 g/mol. The summed E-state index contributed by atoms with van der Waals surface area (Å²) in [5.74, 6) is 0. The molecule has 16 heavy (non-hydrogen) atoms. The minimum Gasteiger partial charge on any atom is -0.392 e. The Morgan fingerprint density at radius 1 is 1.31 bits per heavy atom. The number of rotatable bonds is 7. The second-order valence-corrected chi connectivity index (χ2v) is 4.30. The number of halogens is 1. The maximum absolute atomic E-state index is 9.02. The summed E-state index contributed by atoms with van der Waals surface area (Å²) in [5.41, 5.74) is 1.18. The van der Waals surface area contributed by atoms with Gasteiger partial charge in [0.1, 0.15) is 0 Å². The van der Waals surface area contributed by atoms with Crippen LogP contribution in [0.5, 0.6) is 0 Å². The lowest BCUT2D eigenvalue weighted by molar-refractivity contribution is 0.191. The number of hydrogen-bond donors (Lipinski definition) is 3. The first-order chi connectivity index (χ1) is 7.68. The number of aliphatic hydroxyl groups is 1. The second kappa shape index (κ2) is 7.63. The van der Waals surface area contributed by atoms with Gasteiger partial charge in [-0.15, -0.1) is 0 Å². The summed E-state index contributed by atoms with van der Waals surface area (Å²) in [5, 5.41) is 16.2. The average molecular weight is 243 g/mol. The van der Waals surface area contributed by atoms with Crippen molar-refractivity contribution in [2.75, 3.05) is 19.6 Å². The quantitative estimate of drug-likeness (QED) is 0.634. The van der Waals surface area contributed by atoms with Crippen molar-refractivity contribution in [3.05, 3.63) is 34.9 Å². The molecule has 1 aromatic rings. The molecular formula is C12H19ClN2O. The van der Waals surface area contributed by atoms with Crippen molar-refractivity contribution in [1.29, 1.82) is 0 Å². The molecule has 0 radical (unpaired) electrons. The fourth-order valence-corrected chi connectivity index (χ4v) is 1.58. The molecule has 0 saturated heterocycles. The van der Waals surface area contributed by atoms with Gasteiger partial charge in [0.2, 0.25) is 0 Å². The minimum atomic E-state index is -0.284. The molecule has 1 aromatic carbocycles. The normalized spacial score (nSPS) is 12.7. The number of aliphatic hydroxyl groups excluding tert-OH is 1. The van der Waals surface area contributed by atoms with E-state index in [1.165, 1.54) is 5.56 Å². The van der Waals surface area contributed by atoms with Gasteiger partial charge in [-0.1, -0.05) is 23.7 Å². The van der Waals surface area contributed by atoms with Gasteiger partial charge in [-0.05, 0) is 24.6 Å². The van der Waals surface area contributed by atoms with Gasteiger partial charge < -0.3 is 15.7 Å². The van der Waals surface area contributed by atoms with E-state index in [1.807, 2.05) is 24.3 Å². The lowest BCUT2D eigenvalue weighted by atomic mass is 10.2. The molecule has 4 heteroatoms. The fraction of sp³-hybridized carbons (Fsp3) is 0.500. The van der Waals surface area contributed by atoms with Crippen LogP contribution in [0, 0.1) is 0 Å². The highest BCUT2D eigenvalue weighted by atomic mass is 35.5. The Labute approximate surface area is 102 Å². The van der Waals surface area contributed by atoms with Crippen molar-refractivity contribution < 1.29 is 5.11 Å². The van der Waals surface area contributed by atoms with E-state index in [4.69, 9.17) is 16.7 Å². The van der Waals surface area contributed by atoms with Crippen LogP contribution < -0.4 is 10.6 Å². The van der Waals surface area contributed by atoms with Crippen molar-refractivity contribution in [3.63, 3.8) is 0 Å². The lowest BCUT2D eigenvalue weighted by Gasteiger charge is -2.08. The molecule has 0 spiro atoms. The first-order valence-corrected chi connectivity index (χ1v) is 5.90. The van der Waals surface area contributed by atoms with Crippen LogP contribution in [0.15, 0.2) is 24.3 Å². The summed E-state index contributed by atoms with van der Waals surface area (Å²) in [6.07, 6.45) is -0.284. The Kier molecular flexibility index (Phi) is 6.42. The van der Waals surface area contributed by atoms with Crippen molar-refractivity contribution in [1.82, 2.24) is 10.6 Å². The van der Waals surface area contributed by atoms with E-state index < -0.39 is 0 Å². The predicted octanol–water partition coefficient (Wildman–Crippen LogP) is 1.40. The van der Waals surface area contributed by atoms with Crippen LogP contribution in [0.1, 0.15) is 12.5 Å². The zero-order chi connectivity index (χ0) is 11.8. The molecule has 1 atom stereocenters. The summed E-state index contributed by atoms with van der Waals surface area (Å²) in [7, 11) is 0. The van der Waals surface area contributed by atoms with Crippen molar-refractivity contribution in [2.45, 2.75) is 19.6 Å². The molecule has 0 aliphatic heterocycles. The molecule has 0 aliphatic rings. The van der Waals surface area contributed by atoms with E-state index in [2.05, 4.69) is 10.6 Å². The Morgan fingerprint density at radius 2 is 2.06 bits per heavy atom. The molecule has 90 valence electrons. The van der Waals surface area contributed by atoms with E-state index in [0.717, 1.165) is 24.7 Å². The number of hydrogen-bond acceptors (Lipinski definition) is 3. The van der Waals surface area contributed by atoms with Crippen LogP contribution in [-0.4, -0.2) is 30.8 Å². The SMILES string of the molecule is CC(O)CNCCNCc1cccc(Cl)c1. The average Bonchev–Trinajstić information content (AvgIpc) is 2.23. The molecule has 0 bridgehead atoms. The summed E-state index contributed by atoms with van der Waals surface area (Å²) in [6.45, 7) is 4.95. The molecule has 1 rings (SSSR count). The Bertz CT molecular complexity index is 305. The third kappa shape index (κ3) is 6.08. The van der Waals surface area contributed by atoms with Gasteiger partial charge in [-0.25, -0.2) is 0 Å². The highest BCUT2D eigenvalue weighted by molar-refractivity contribution is 6.30. The maximum Gasteiger partial charge on any atom is 0.0636 e. The van der Waals surface area contributed by atoms with Gasteiger partial charge in [-0.2, -0.15) is 0 Å². The van der Waals surface area contributed by atoms with Crippen LogP contribution >= 0.6 is 11.6 Å². The molecule has 0 heterocycles. The molecule has 0 saturated carbocycles. The first kappa shape index (κ1) is 13.5. The van der Waals surface area contributed by atoms with E-state index in [-0.39, 0.29) is 6.10 Å². The summed E-state index contributed by atoms with van der Waals surface area (Å²) >= 11 is 5.87. The predicted molar refractivity (Wildman–Crippen MR) is 67.7 cm³/mol. The highest BCUT2D eigenvalue weighted by Crippen LogP contribution is 2.09. The molecular weight excluding hydrogens is 224 g/mol. The lowest BCUT2D eigenvalue weighted by Crippen LogP contribution is -2.31. The topological polar surface area (TPSA) is 44.3 Å². The van der Waals surface area contributed by atoms with Gasteiger partial charge >= 0.3 is 0 Å². The van der Waals surface area contributed by atoms with Crippen LogP contribution in [0.3, 0.4) is 0 Å². The van der Waals surface area contributed by atoms with Crippen LogP contribution in [0.2, 0.25) is 5.02 Å². The van der Waals surface area contributed by atoms with Gasteiger partial charge in [0.05, 0.1) is 6.10 Å². The summed E-state index contributed by atoms with van der Waals surface area (Å²) in [6, 6.07) is 7.82. The van der Waals surface area contributed by atoms with Crippen molar-refractivity contribution >= 4 is 11.6 Å². The Morgan fingerprint density at radius 3 is 2.75 bits per heavy atom. The van der Waals surface area contributed by atoms with Crippen LogP contribution in [0.4, 0.5) is 0 Å². The minimum absolute atomic E-state index is 0.284. The van der Waals surface area contributed by atoms with E-state index in [0.29, 0.717) is 6.54 Å². The highest BCUT2D eigenvalue weighted by Gasteiger charge is 1.95. The molecule has 1 unspecified atom stereocenters. The van der Waals surface area contributed by atoms with E-state index >= 15 is 0 Å². The smallest absolute Gasteiger partial charge is 0.0636 e. The molecule has 3 N–H and O–H groups in total. The zero-order valence-corrected chi connectivity index (χ0v) is 10.3. The summed E-state index contributed by atoms with van der Waals surface area (Å²) in [4.78, 5) is 0. The van der Waals surface area contributed by atoms with Crippen LogP contribution in [-0.2, 0) is 6.54 Å². The molecule has 0 aliphatic carbocycles. The second-order valence-electron chi connectivity index (χ2n) is 3.86. The summed E-state index contributed by atoms with van der Waals surface area (Å²) < 4.78 is 0. The zero-order valence-electron chi connectivity index (χ0n) is 9.54. The first-order valence-electron chi connectivity index (χ1n) is 5.52. The standard InChI is InChI=1S/C12H19ClN2O/c1-10(16)8-14-5-6-15-9-11-3-2-4-12(13)7-11/h2-4,7,10,14-16H,5-6,8-9H2,1H3. The third-order valence-electron chi connectivity index (χ3n) is 2.14. The largest absolute Gasteiger partial charge is 0.392 e. The molecule has 0 aromatic heterocycles. The number of nitrogens with one attached hydrogen (secondary N) is 2. The molecule has 3 nitrogen and oxygen atoms in total. The van der Waals surface area contributed by atoms with E-state index in [9.17, 15) is 0 Å². The van der Waals surface area contributed by atoms with Crippen molar-refractivity contribution in [3.8, 4) is 0 Å². The molecule has 0 amide bonds. The van der Waals surface area contributed by atoms with Gasteiger partial charge in [-0.3, -0.25) is 0 Å². The van der Waals surface area contributed by atoms with Crippen molar-refractivity contribution in [2.24, 2.45) is 0 Å². The van der Waals surface area contributed by atoms with Crippen LogP contribution in [0.25, 0.3) is 0 Å². The van der Waals surface area contributed by atoms with Gasteiger partial charge in [0.25, 0.3) is 0 Å². The fourth-order valence-electron chi connectivity index (χ4n) is 1.37.